The van der Waals surface area contributed by atoms with Crippen LogP contribution in [0.2, 0.25) is 0 Å². The van der Waals surface area contributed by atoms with Gasteiger partial charge in [-0.15, -0.1) is 0 Å². The molecule has 0 radical (unpaired) electrons. The van der Waals surface area contributed by atoms with Crippen LogP contribution in [0.3, 0.4) is 0 Å². The third-order valence-electron chi connectivity index (χ3n) is 7.39. The van der Waals surface area contributed by atoms with Crippen LogP contribution in [0.5, 0.6) is 0 Å². The Morgan fingerprint density at radius 1 is 1.06 bits per heavy atom. The van der Waals surface area contributed by atoms with Gasteiger partial charge in [0.05, 0.1) is 23.1 Å². The van der Waals surface area contributed by atoms with Gasteiger partial charge in [0.1, 0.15) is 5.54 Å². The molecule has 4 atom stereocenters. The number of halogens is 4. The third-order valence-corrected chi connectivity index (χ3v) is 7.88. The second-order valence-electron chi connectivity index (χ2n) is 8.88. The fourth-order valence-corrected chi connectivity index (χ4v) is 6.61. The number of rotatable bonds is 1. The van der Waals surface area contributed by atoms with Crippen LogP contribution in [-0.4, -0.2) is 35.2 Å². The Morgan fingerprint density at radius 3 is 2.61 bits per heavy atom. The number of carbonyl (C=O) groups excluding carboxylic acids is 3. The van der Waals surface area contributed by atoms with E-state index in [0.717, 1.165) is 27.9 Å². The number of imide groups is 1. The zero-order valence-corrected chi connectivity index (χ0v) is 18.6. The van der Waals surface area contributed by atoms with Gasteiger partial charge in [-0.05, 0) is 55.8 Å². The zero-order chi connectivity index (χ0) is 23.3. The summed E-state index contributed by atoms with van der Waals surface area (Å²) in [5, 5.41) is 2.87. The van der Waals surface area contributed by atoms with Gasteiger partial charge in [0.25, 0.3) is 0 Å². The van der Waals surface area contributed by atoms with Crippen molar-refractivity contribution in [1.82, 2.24) is 4.90 Å². The van der Waals surface area contributed by atoms with Crippen LogP contribution in [0.25, 0.3) is 0 Å². The molecule has 0 bridgehead atoms. The third kappa shape index (κ3) is 2.56. The van der Waals surface area contributed by atoms with E-state index in [-0.39, 0.29) is 17.6 Å². The maximum Gasteiger partial charge on any atom is 0.416 e. The highest BCUT2D eigenvalue weighted by Gasteiger charge is 2.74. The number of benzene rings is 2. The number of hydrogen-bond acceptors (Lipinski definition) is 4. The Hall–Kier alpha value is -2.72. The van der Waals surface area contributed by atoms with Crippen molar-refractivity contribution in [1.29, 1.82) is 0 Å². The molecule has 1 N–H and O–H groups in total. The van der Waals surface area contributed by atoms with E-state index in [2.05, 4.69) is 21.2 Å². The molecule has 1 spiro atoms. The SMILES string of the molecule is O=C1[C@@H]2[C@@H](C(=O)N1c1cccc(C(F)(F)F)c1)[C@]1(C(=O)Nc3ccc(Br)cc31)N1CCC[C@@H]21. The molecule has 4 aliphatic heterocycles. The van der Waals surface area contributed by atoms with Crippen LogP contribution in [0.1, 0.15) is 24.0 Å². The second-order valence-corrected chi connectivity index (χ2v) is 9.79. The average molecular weight is 520 g/mol. The van der Waals surface area contributed by atoms with Crippen molar-refractivity contribution in [3.8, 4) is 0 Å². The highest BCUT2D eigenvalue weighted by atomic mass is 79.9. The van der Waals surface area contributed by atoms with Crippen LogP contribution in [0, 0.1) is 11.8 Å². The minimum atomic E-state index is -4.61. The smallest absolute Gasteiger partial charge is 0.324 e. The monoisotopic (exact) mass is 519 g/mol. The minimum absolute atomic E-state index is 0.123. The van der Waals surface area contributed by atoms with Gasteiger partial charge in [-0.25, -0.2) is 4.90 Å². The lowest BCUT2D eigenvalue weighted by Gasteiger charge is -2.36. The Labute approximate surface area is 194 Å². The van der Waals surface area contributed by atoms with E-state index in [9.17, 15) is 27.6 Å². The second kappa shape index (κ2) is 6.66. The van der Waals surface area contributed by atoms with Gasteiger partial charge in [0.2, 0.25) is 17.7 Å². The molecule has 2 aromatic carbocycles. The molecule has 3 saturated heterocycles. The van der Waals surface area contributed by atoms with E-state index < -0.39 is 40.9 Å². The van der Waals surface area contributed by atoms with Gasteiger partial charge in [-0.2, -0.15) is 13.2 Å². The van der Waals surface area contributed by atoms with Crippen molar-refractivity contribution in [2.75, 3.05) is 16.8 Å². The lowest BCUT2D eigenvalue weighted by atomic mass is 9.75. The van der Waals surface area contributed by atoms with Gasteiger partial charge < -0.3 is 5.32 Å². The summed E-state index contributed by atoms with van der Waals surface area (Å²) in [6.45, 7) is 0.557. The van der Waals surface area contributed by atoms with Crippen molar-refractivity contribution < 1.29 is 27.6 Å². The zero-order valence-electron chi connectivity index (χ0n) is 17.0. The first-order chi connectivity index (χ1) is 15.7. The molecular weight excluding hydrogens is 503 g/mol. The summed E-state index contributed by atoms with van der Waals surface area (Å²) in [4.78, 5) is 43.7. The van der Waals surface area contributed by atoms with E-state index in [1.807, 2.05) is 4.90 Å². The predicted molar refractivity (Wildman–Crippen MR) is 115 cm³/mol. The van der Waals surface area contributed by atoms with Crippen molar-refractivity contribution in [2.24, 2.45) is 11.8 Å². The summed E-state index contributed by atoms with van der Waals surface area (Å²) in [7, 11) is 0. The summed E-state index contributed by atoms with van der Waals surface area (Å²) in [6, 6.07) is 9.19. The first-order valence-electron chi connectivity index (χ1n) is 10.6. The molecular formula is C23H17BrF3N3O3. The number of nitrogens with zero attached hydrogens (tertiary/aromatic N) is 2. The minimum Gasteiger partial charge on any atom is -0.324 e. The maximum atomic E-state index is 13.8. The standard InChI is InChI=1S/C23H17BrF3N3O3/c24-12-6-7-15-14(10-12)22(21(33)28-15)18-17(16-5-2-8-29(16)22)19(31)30(20(18)32)13-4-1-3-11(9-13)23(25,26)27/h1,3-4,6-7,9-10,16-18H,2,5,8H2,(H,28,33)/t16-,17-,18-,22+/m0/s1. The number of alkyl halides is 3. The normalized spacial score (nSPS) is 30.7. The fraction of sp³-hybridized carbons (Fsp3) is 0.348. The molecule has 6 nitrogen and oxygen atoms in total. The molecule has 10 heteroatoms. The van der Waals surface area contributed by atoms with E-state index in [1.165, 1.54) is 12.1 Å². The molecule has 4 heterocycles. The summed E-state index contributed by atoms with van der Waals surface area (Å²) in [6.07, 6.45) is -3.22. The van der Waals surface area contributed by atoms with Gasteiger partial charge in [-0.1, -0.05) is 22.0 Å². The molecule has 6 rings (SSSR count). The molecule has 170 valence electrons. The van der Waals surface area contributed by atoms with Crippen LogP contribution >= 0.6 is 15.9 Å². The number of fused-ring (bicyclic) bond motifs is 7. The Kier molecular flexibility index (Phi) is 4.21. The lowest BCUT2D eigenvalue weighted by Crippen LogP contribution is -2.54. The Morgan fingerprint density at radius 2 is 1.85 bits per heavy atom. The number of nitrogens with one attached hydrogen (secondary N) is 1. The number of hydrogen-bond donors (Lipinski definition) is 1. The summed E-state index contributed by atoms with van der Waals surface area (Å²) in [5.41, 5.74) is -1.24. The van der Waals surface area contributed by atoms with Gasteiger partial charge in [-0.3, -0.25) is 19.3 Å². The van der Waals surface area contributed by atoms with Crippen molar-refractivity contribution >= 4 is 45.0 Å². The van der Waals surface area contributed by atoms with E-state index in [4.69, 9.17) is 0 Å². The Bertz CT molecular complexity index is 1250. The van der Waals surface area contributed by atoms with E-state index >= 15 is 0 Å². The van der Waals surface area contributed by atoms with Crippen molar-refractivity contribution in [2.45, 2.75) is 30.6 Å². The maximum absolute atomic E-state index is 13.8. The topological polar surface area (TPSA) is 69.7 Å². The van der Waals surface area contributed by atoms with Gasteiger partial charge in [0, 0.05) is 21.8 Å². The largest absolute Gasteiger partial charge is 0.416 e. The van der Waals surface area contributed by atoms with Crippen molar-refractivity contribution in [3.63, 3.8) is 0 Å². The number of amides is 3. The molecule has 0 unspecified atom stereocenters. The number of anilines is 2. The first kappa shape index (κ1) is 20.9. The van der Waals surface area contributed by atoms with Gasteiger partial charge >= 0.3 is 6.18 Å². The van der Waals surface area contributed by atoms with Crippen LogP contribution in [0.15, 0.2) is 46.9 Å². The molecule has 33 heavy (non-hydrogen) atoms. The van der Waals surface area contributed by atoms with Crippen LogP contribution in [0.4, 0.5) is 24.5 Å². The van der Waals surface area contributed by atoms with Crippen molar-refractivity contribution in [3.05, 3.63) is 58.1 Å². The molecule has 0 saturated carbocycles. The molecule has 0 aromatic heterocycles. The number of carbonyl (C=O) groups is 3. The quantitative estimate of drug-likeness (QED) is 0.580. The first-order valence-corrected chi connectivity index (χ1v) is 11.4. The highest BCUT2D eigenvalue weighted by molar-refractivity contribution is 9.10. The fourth-order valence-electron chi connectivity index (χ4n) is 6.25. The molecule has 3 amide bonds. The summed E-state index contributed by atoms with van der Waals surface area (Å²) >= 11 is 3.44. The average Bonchev–Trinajstić information content (AvgIpc) is 3.46. The highest BCUT2D eigenvalue weighted by Crippen LogP contribution is 2.61. The van der Waals surface area contributed by atoms with E-state index in [1.54, 1.807) is 18.2 Å². The van der Waals surface area contributed by atoms with Gasteiger partial charge in [0.15, 0.2) is 0 Å². The molecule has 4 aliphatic rings. The summed E-state index contributed by atoms with van der Waals surface area (Å²) in [5.74, 6) is -3.37. The molecule has 3 fully saturated rings. The van der Waals surface area contributed by atoms with Crippen LogP contribution < -0.4 is 10.2 Å². The van der Waals surface area contributed by atoms with Crippen LogP contribution in [-0.2, 0) is 26.1 Å². The van der Waals surface area contributed by atoms with E-state index in [0.29, 0.717) is 24.2 Å². The summed E-state index contributed by atoms with van der Waals surface area (Å²) < 4.78 is 40.6. The molecule has 0 aliphatic carbocycles. The molecule has 2 aromatic rings. The lowest BCUT2D eigenvalue weighted by molar-refractivity contribution is -0.137. The Balaban J connectivity index is 1.53. The predicted octanol–water partition coefficient (Wildman–Crippen LogP) is 3.90.